The van der Waals surface area contributed by atoms with Crippen LogP contribution in [0.2, 0.25) is 0 Å². The number of amides is 2. The number of hydrogen-bond acceptors (Lipinski definition) is 4. The Kier molecular flexibility index (Phi) is 9.04. The number of hydrogen-bond donors (Lipinski definition) is 2. The fourth-order valence-corrected chi connectivity index (χ4v) is 4.88. The molecule has 194 valence electrons. The van der Waals surface area contributed by atoms with Gasteiger partial charge in [-0.1, -0.05) is 36.4 Å². The summed E-state index contributed by atoms with van der Waals surface area (Å²) in [6.07, 6.45) is 0.102. The lowest BCUT2D eigenvalue weighted by Crippen LogP contribution is -2.45. The van der Waals surface area contributed by atoms with E-state index in [4.69, 9.17) is 0 Å². The third-order valence-electron chi connectivity index (χ3n) is 6.78. The molecular weight excluding hydrogens is 467 g/mol. The van der Waals surface area contributed by atoms with Gasteiger partial charge in [0, 0.05) is 50.5 Å². The molecule has 2 amide bonds. The van der Waals surface area contributed by atoms with Crippen LogP contribution in [0.3, 0.4) is 0 Å². The molecule has 1 aliphatic rings. The van der Waals surface area contributed by atoms with E-state index in [0.717, 1.165) is 37.3 Å². The first-order chi connectivity index (χ1) is 18.0. The molecule has 7 heteroatoms. The van der Waals surface area contributed by atoms with Gasteiger partial charge in [-0.05, 0) is 66.9 Å². The topological polar surface area (TPSA) is 64.7 Å². The number of carbonyl (C=O) groups is 2. The van der Waals surface area contributed by atoms with E-state index in [2.05, 4.69) is 21.6 Å². The minimum Gasteiger partial charge on any atom is -0.339 e. The van der Waals surface area contributed by atoms with Gasteiger partial charge in [-0.2, -0.15) is 0 Å². The van der Waals surface area contributed by atoms with E-state index >= 15 is 0 Å². The standard InChI is InChI=1S/C30H35FN4O2/c1-3-34(4-2)30(37)24-13-11-23(12-14-24)29(35-17-15-32-16-18-35)25-8-6-10-27(21-25)33-28(36)20-22-7-5-9-26(31)19-22/h5-14,19,21,29,32H,3-4,15-18,20H2,1-2H3,(H,33,36). The molecule has 0 spiro atoms. The van der Waals surface area contributed by atoms with E-state index in [1.165, 1.54) is 12.1 Å². The Morgan fingerprint density at radius 3 is 2.32 bits per heavy atom. The van der Waals surface area contributed by atoms with Gasteiger partial charge < -0.3 is 15.5 Å². The van der Waals surface area contributed by atoms with Crippen molar-refractivity contribution in [2.75, 3.05) is 44.6 Å². The van der Waals surface area contributed by atoms with Crippen LogP contribution in [0.25, 0.3) is 0 Å². The van der Waals surface area contributed by atoms with Crippen molar-refractivity contribution in [1.29, 1.82) is 0 Å². The predicted molar refractivity (Wildman–Crippen MR) is 145 cm³/mol. The minimum atomic E-state index is -0.351. The average molecular weight is 503 g/mol. The van der Waals surface area contributed by atoms with E-state index in [1.54, 1.807) is 12.1 Å². The Labute approximate surface area is 218 Å². The van der Waals surface area contributed by atoms with Crippen LogP contribution in [-0.2, 0) is 11.2 Å². The third kappa shape index (κ3) is 6.81. The van der Waals surface area contributed by atoms with Crippen molar-refractivity contribution in [1.82, 2.24) is 15.1 Å². The first-order valence-corrected chi connectivity index (χ1v) is 13.0. The SMILES string of the molecule is CCN(CC)C(=O)c1ccc(C(c2cccc(NC(=O)Cc3cccc(F)c3)c2)N2CCNCC2)cc1. The van der Waals surface area contributed by atoms with Crippen molar-refractivity contribution in [2.45, 2.75) is 26.3 Å². The zero-order valence-electron chi connectivity index (χ0n) is 21.5. The highest BCUT2D eigenvalue weighted by molar-refractivity contribution is 5.94. The van der Waals surface area contributed by atoms with E-state index in [9.17, 15) is 14.0 Å². The number of piperazine rings is 1. The maximum Gasteiger partial charge on any atom is 0.253 e. The minimum absolute atomic E-state index is 0.0141. The van der Waals surface area contributed by atoms with Gasteiger partial charge in [0.25, 0.3) is 5.91 Å². The molecule has 1 atom stereocenters. The molecule has 6 nitrogen and oxygen atoms in total. The number of nitrogens with one attached hydrogen (secondary N) is 2. The largest absolute Gasteiger partial charge is 0.339 e. The number of halogens is 1. The molecule has 4 rings (SSSR count). The molecular formula is C30H35FN4O2. The van der Waals surface area contributed by atoms with Gasteiger partial charge >= 0.3 is 0 Å². The van der Waals surface area contributed by atoms with E-state index < -0.39 is 0 Å². The molecule has 37 heavy (non-hydrogen) atoms. The van der Waals surface area contributed by atoms with Crippen molar-refractivity contribution >= 4 is 17.5 Å². The lowest BCUT2D eigenvalue weighted by Gasteiger charge is -2.36. The van der Waals surface area contributed by atoms with Gasteiger partial charge in [-0.15, -0.1) is 0 Å². The van der Waals surface area contributed by atoms with Crippen LogP contribution in [0.4, 0.5) is 10.1 Å². The fraction of sp³-hybridized carbons (Fsp3) is 0.333. The summed E-state index contributed by atoms with van der Waals surface area (Å²) in [6, 6.07) is 21.9. The molecule has 2 N–H and O–H groups in total. The van der Waals surface area contributed by atoms with Crippen molar-refractivity contribution in [3.05, 3.63) is 101 Å². The van der Waals surface area contributed by atoms with Crippen LogP contribution < -0.4 is 10.6 Å². The molecule has 1 aliphatic heterocycles. The molecule has 0 saturated carbocycles. The number of rotatable bonds is 9. The molecule has 0 aromatic heterocycles. The highest BCUT2D eigenvalue weighted by Gasteiger charge is 2.25. The van der Waals surface area contributed by atoms with Crippen LogP contribution in [0, 0.1) is 5.82 Å². The molecule has 1 heterocycles. The fourth-order valence-electron chi connectivity index (χ4n) is 4.88. The number of anilines is 1. The summed E-state index contributed by atoms with van der Waals surface area (Å²) < 4.78 is 13.5. The Morgan fingerprint density at radius 2 is 1.65 bits per heavy atom. The van der Waals surface area contributed by atoms with Crippen LogP contribution in [0.5, 0.6) is 0 Å². The first-order valence-electron chi connectivity index (χ1n) is 13.0. The Morgan fingerprint density at radius 1 is 0.946 bits per heavy atom. The summed E-state index contributed by atoms with van der Waals surface area (Å²) in [5.41, 5.74) is 4.18. The second kappa shape index (κ2) is 12.6. The van der Waals surface area contributed by atoms with Crippen LogP contribution >= 0.6 is 0 Å². The molecule has 1 saturated heterocycles. The summed E-state index contributed by atoms with van der Waals surface area (Å²) >= 11 is 0. The highest BCUT2D eigenvalue weighted by atomic mass is 19.1. The summed E-state index contributed by atoms with van der Waals surface area (Å²) in [7, 11) is 0. The van der Waals surface area contributed by atoms with Gasteiger partial charge in [0.1, 0.15) is 5.82 Å². The van der Waals surface area contributed by atoms with Crippen molar-refractivity contribution in [2.24, 2.45) is 0 Å². The zero-order chi connectivity index (χ0) is 26.2. The molecule has 1 fully saturated rings. The molecule has 0 bridgehead atoms. The quantitative estimate of drug-likeness (QED) is 0.453. The predicted octanol–water partition coefficient (Wildman–Crippen LogP) is 4.48. The van der Waals surface area contributed by atoms with Gasteiger partial charge in [0.15, 0.2) is 0 Å². The maximum absolute atomic E-state index is 13.5. The first kappa shape index (κ1) is 26.5. The van der Waals surface area contributed by atoms with Gasteiger partial charge in [0.2, 0.25) is 5.91 Å². The van der Waals surface area contributed by atoms with Crippen molar-refractivity contribution in [3.8, 4) is 0 Å². The summed E-state index contributed by atoms with van der Waals surface area (Å²) in [6.45, 7) is 8.91. The lowest BCUT2D eigenvalue weighted by molar-refractivity contribution is -0.115. The Bertz CT molecular complexity index is 1200. The Balaban J connectivity index is 1.57. The summed E-state index contributed by atoms with van der Waals surface area (Å²) in [5.74, 6) is -0.505. The van der Waals surface area contributed by atoms with E-state index in [-0.39, 0.29) is 30.1 Å². The van der Waals surface area contributed by atoms with E-state index in [1.807, 2.05) is 61.2 Å². The number of carbonyl (C=O) groups excluding carboxylic acids is 2. The van der Waals surface area contributed by atoms with E-state index in [0.29, 0.717) is 29.9 Å². The van der Waals surface area contributed by atoms with Crippen LogP contribution in [0.1, 0.15) is 46.9 Å². The molecule has 0 radical (unpaired) electrons. The van der Waals surface area contributed by atoms with Crippen LogP contribution in [-0.4, -0.2) is 60.9 Å². The maximum atomic E-state index is 13.5. The zero-order valence-corrected chi connectivity index (χ0v) is 21.5. The lowest BCUT2D eigenvalue weighted by atomic mass is 9.95. The third-order valence-corrected chi connectivity index (χ3v) is 6.78. The molecule has 3 aromatic carbocycles. The smallest absolute Gasteiger partial charge is 0.253 e. The monoisotopic (exact) mass is 502 g/mol. The van der Waals surface area contributed by atoms with Gasteiger partial charge in [-0.3, -0.25) is 14.5 Å². The molecule has 3 aromatic rings. The molecule has 1 unspecified atom stereocenters. The van der Waals surface area contributed by atoms with Gasteiger partial charge in [0.05, 0.1) is 12.5 Å². The van der Waals surface area contributed by atoms with Crippen molar-refractivity contribution < 1.29 is 14.0 Å². The average Bonchev–Trinajstić information content (AvgIpc) is 2.91. The second-order valence-electron chi connectivity index (χ2n) is 9.27. The summed E-state index contributed by atoms with van der Waals surface area (Å²) in [5, 5.41) is 6.38. The van der Waals surface area contributed by atoms with Crippen molar-refractivity contribution in [3.63, 3.8) is 0 Å². The Hall–Kier alpha value is -3.55. The second-order valence-corrected chi connectivity index (χ2v) is 9.27. The van der Waals surface area contributed by atoms with Gasteiger partial charge in [-0.25, -0.2) is 4.39 Å². The number of nitrogens with zero attached hydrogens (tertiary/aromatic N) is 2. The normalized spacial score (nSPS) is 14.7. The number of benzene rings is 3. The van der Waals surface area contributed by atoms with Crippen LogP contribution in [0.15, 0.2) is 72.8 Å². The molecule has 0 aliphatic carbocycles. The summed E-state index contributed by atoms with van der Waals surface area (Å²) in [4.78, 5) is 29.7. The highest BCUT2D eigenvalue weighted by Crippen LogP contribution is 2.31.